The molecule has 118 valence electrons. The Morgan fingerprint density at radius 2 is 2.24 bits per heavy atom. The first kappa shape index (κ1) is 16.2. The van der Waals surface area contributed by atoms with Crippen molar-refractivity contribution in [1.82, 2.24) is 4.72 Å². The highest BCUT2D eigenvalue weighted by molar-refractivity contribution is 7.89. The van der Waals surface area contributed by atoms with Crippen LogP contribution < -0.4 is 10.5 Å². The number of methoxy groups -OCH3 is 1. The predicted octanol–water partition coefficient (Wildman–Crippen LogP) is 0.800. The van der Waals surface area contributed by atoms with E-state index in [-0.39, 0.29) is 22.7 Å². The molecule has 0 saturated carbocycles. The zero-order valence-electron chi connectivity index (χ0n) is 12.0. The van der Waals surface area contributed by atoms with Gasteiger partial charge in [0, 0.05) is 37.9 Å². The first-order valence-corrected chi connectivity index (χ1v) is 7.96. The quantitative estimate of drug-likeness (QED) is 0.784. The van der Waals surface area contributed by atoms with E-state index >= 15 is 0 Å². The molecule has 0 aromatic heterocycles. The first-order chi connectivity index (χ1) is 9.80. The molecule has 1 aromatic rings. The van der Waals surface area contributed by atoms with E-state index in [1.807, 2.05) is 0 Å². The van der Waals surface area contributed by atoms with E-state index in [1.54, 1.807) is 0 Å². The van der Waals surface area contributed by atoms with Crippen molar-refractivity contribution < 1.29 is 22.3 Å². The summed E-state index contributed by atoms with van der Waals surface area (Å²) in [5.41, 5.74) is 4.93. The first-order valence-electron chi connectivity index (χ1n) is 6.48. The minimum absolute atomic E-state index is 0.0332. The molecule has 0 bridgehead atoms. The molecule has 1 aliphatic rings. The molecule has 21 heavy (non-hydrogen) atoms. The highest BCUT2D eigenvalue weighted by atomic mass is 32.2. The van der Waals surface area contributed by atoms with Gasteiger partial charge in [0.1, 0.15) is 11.4 Å². The second-order valence-corrected chi connectivity index (χ2v) is 6.88. The zero-order valence-corrected chi connectivity index (χ0v) is 12.8. The number of halogens is 1. The Morgan fingerprint density at radius 3 is 2.81 bits per heavy atom. The fourth-order valence-corrected chi connectivity index (χ4v) is 3.62. The lowest BCUT2D eigenvalue weighted by Crippen LogP contribution is -2.45. The average molecular weight is 318 g/mol. The Labute approximate surface area is 123 Å². The number of nitrogen functional groups attached to an aromatic ring is 1. The van der Waals surface area contributed by atoms with Crippen molar-refractivity contribution in [3.05, 3.63) is 23.5 Å². The van der Waals surface area contributed by atoms with Crippen LogP contribution in [0.3, 0.4) is 0 Å². The number of hydrogen-bond acceptors (Lipinski definition) is 5. The summed E-state index contributed by atoms with van der Waals surface area (Å²) in [7, 11) is -2.37. The number of sulfonamides is 1. The maximum atomic E-state index is 13.6. The van der Waals surface area contributed by atoms with Crippen LogP contribution in [0, 0.1) is 12.7 Å². The van der Waals surface area contributed by atoms with Gasteiger partial charge in [-0.15, -0.1) is 0 Å². The van der Waals surface area contributed by atoms with E-state index in [9.17, 15) is 12.8 Å². The normalized spacial score (nSPS) is 22.6. The summed E-state index contributed by atoms with van der Waals surface area (Å²) in [6.45, 7) is 2.29. The Kier molecular flexibility index (Phi) is 4.52. The third-order valence-corrected chi connectivity index (χ3v) is 5.22. The molecule has 6 nitrogen and oxygen atoms in total. The molecular weight excluding hydrogens is 299 g/mol. The summed E-state index contributed by atoms with van der Waals surface area (Å²) in [6.07, 6.45) is 0.594. The molecule has 3 N–H and O–H groups in total. The summed E-state index contributed by atoms with van der Waals surface area (Å²) < 4.78 is 51.4. The fraction of sp³-hybridized carbons (Fsp3) is 0.538. The van der Waals surface area contributed by atoms with Crippen LogP contribution in [0.1, 0.15) is 12.0 Å². The van der Waals surface area contributed by atoms with Crippen molar-refractivity contribution in [3.63, 3.8) is 0 Å². The highest BCUT2D eigenvalue weighted by Gasteiger charge is 2.36. The van der Waals surface area contributed by atoms with Gasteiger partial charge in [0.25, 0.3) is 0 Å². The third-order valence-electron chi connectivity index (χ3n) is 3.69. The van der Waals surface area contributed by atoms with E-state index in [0.717, 1.165) is 6.07 Å². The van der Waals surface area contributed by atoms with Crippen molar-refractivity contribution >= 4 is 15.7 Å². The lowest BCUT2D eigenvalue weighted by atomic mass is 10.0. The highest BCUT2D eigenvalue weighted by Crippen LogP contribution is 2.24. The van der Waals surface area contributed by atoms with Crippen LogP contribution in [-0.4, -0.2) is 40.9 Å². The van der Waals surface area contributed by atoms with Crippen molar-refractivity contribution in [1.29, 1.82) is 0 Å². The number of nitrogens with two attached hydrogens (primary N) is 1. The van der Waals surface area contributed by atoms with Gasteiger partial charge in [-0.25, -0.2) is 17.5 Å². The molecule has 1 saturated heterocycles. The van der Waals surface area contributed by atoms with Gasteiger partial charge in [-0.3, -0.25) is 0 Å². The molecule has 1 aliphatic heterocycles. The third kappa shape index (κ3) is 3.34. The topological polar surface area (TPSA) is 90.7 Å². The lowest BCUT2D eigenvalue weighted by molar-refractivity contribution is -0.0120. The van der Waals surface area contributed by atoms with Crippen molar-refractivity contribution in [2.75, 3.05) is 32.6 Å². The fourth-order valence-electron chi connectivity index (χ4n) is 2.22. The van der Waals surface area contributed by atoms with Gasteiger partial charge in [0.15, 0.2) is 0 Å². The molecule has 1 atom stereocenters. The van der Waals surface area contributed by atoms with Crippen LogP contribution in [0.4, 0.5) is 10.1 Å². The van der Waals surface area contributed by atoms with Gasteiger partial charge in [0.05, 0.1) is 11.5 Å². The number of rotatable bonds is 5. The second kappa shape index (κ2) is 5.88. The van der Waals surface area contributed by atoms with E-state index in [1.165, 1.54) is 20.1 Å². The van der Waals surface area contributed by atoms with E-state index in [2.05, 4.69) is 4.72 Å². The number of nitrogens with one attached hydrogen (secondary N) is 1. The molecule has 1 heterocycles. The van der Waals surface area contributed by atoms with Crippen LogP contribution in [0.5, 0.6) is 0 Å². The van der Waals surface area contributed by atoms with Crippen molar-refractivity contribution in [2.24, 2.45) is 0 Å². The number of hydrogen-bond donors (Lipinski definition) is 2. The van der Waals surface area contributed by atoms with E-state index in [0.29, 0.717) is 19.6 Å². The van der Waals surface area contributed by atoms with Gasteiger partial charge in [0.2, 0.25) is 10.0 Å². The Bertz CT molecular complexity index is 627. The number of anilines is 1. The molecule has 1 fully saturated rings. The van der Waals surface area contributed by atoms with Gasteiger partial charge in [-0.1, -0.05) is 0 Å². The molecule has 0 spiro atoms. The van der Waals surface area contributed by atoms with Crippen molar-refractivity contribution in [2.45, 2.75) is 23.8 Å². The molecule has 0 aliphatic carbocycles. The van der Waals surface area contributed by atoms with E-state index in [4.69, 9.17) is 15.2 Å². The molecule has 0 amide bonds. The van der Waals surface area contributed by atoms with Crippen molar-refractivity contribution in [3.8, 4) is 0 Å². The average Bonchev–Trinajstić information content (AvgIpc) is 2.90. The largest absolute Gasteiger partial charge is 0.399 e. The summed E-state index contributed by atoms with van der Waals surface area (Å²) in [4.78, 5) is -0.162. The molecule has 1 unspecified atom stereocenters. The van der Waals surface area contributed by atoms with Gasteiger partial charge >= 0.3 is 0 Å². The van der Waals surface area contributed by atoms with Crippen LogP contribution >= 0.6 is 0 Å². The van der Waals surface area contributed by atoms with Crippen LogP contribution in [0.25, 0.3) is 0 Å². The summed E-state index contributed by atoms with van der Waals surface area (Å²) in [6, 6.07) is 2.33. The molecule has 2 rings (SSSR count). The van der Waals surface area contributed by atoms with Crippen LogP contribution in [-0.2, 0) is 19.5 Å². The van der Waals surface area contributed by atoms with Crippen LogP contribution in [0.2, 0.25) is 0 Å². The minimum atomic E-state index is -3.88. The maximum absolute atomic E-state index is 13.6. The van der Waals surface area contributed by atoms with Gasteiger partial charge in [-0.2, -0.15) is 0 Å². The van der Waals surface area contributed by atoms with Gasteiger partial charge < -0.3 is 15.2 Å². The molecule has 8 heteroatoms. The molecular formula is C13H19FN2O4S. The minimum Gasteiger partial charge on any atom is -0.399 e. The van der Waals surface area contributed by atoms with Crippen LogP contribution in [0.15, 0.2) is 17.0 Å². The Balaban J connectivity index is 2.23. The Morgan fingerprint density at radius 1 is 1.52 bits per heavy atom. The maximum Gasteiger partial charge on any atom is 0.241 e. The molecule has 1 aromatic carbocycles. The second-order valence-electron chi connectivity index (χ2n) is 5.14. The summed E-state index contributed by atoms with van der Waals surface area (Å²) >= 11 is 0. The predicted molar refractivity (Wildman–Crippen MR) is 75.9 cm³/mol. The standard InChI is InChI=1S/C13H19FN2O4S/c1-9-11(14)5-10(15)6-12(9)21(17,18)16-7-13(19-2)3-4-20-8-13/h5-6,16H,3-4,7-8,15H2,1-2H3. The molecule has 0 radical (unpaired) electrons. The monoisotopic (exact) mass is 318 g/mol. The van der Waals surface area contributed by atoms with Gasteiger partial charge in [-0.05, 0) is 19.1 Å². The Hall–Kier alpha value is -1.22. The van der Waals surface area contributed by atoms with E-state index < -0.39 is 21.4 Å². The summed E-state index contributed by atoms with van der Waals surface area (Å²) in [5.74, 6) is -0.652. The summed E-state index contributed by atoms with van der Waals surface area (Å²) in [5, 5.41) is 0. The smallest absolute Gasteiger partial charge is 0.241 e. The lowest BCUT2D eigenvalue weighted by Gasteiger charge is -2.26. The number of ether oxygens (including phenoxy) is 2. The number of benzene rings is 1. The SMILES string of the molecule is COC1(CNS(=O)(=O)c2cc(N)cc(F)c2C)CCOC1. The zero-order chi connectivity index (χ0) is 15.7.